The smallest absolute Gasteiger partial charge is 0.246 e. The third-order valence-electron chi connectivity index (χ3n) is 5.08. The molecule has 0 spiro atoms. The molecule has 0 aliphatic heterocycles. The van der Waals surface area contributed by atoms with Crippen LogP contribution in [0.3, 0.4) is 0 Å². The summed E-state index contributed by atoms with van der Waals surface area (Å²) in [5.41, 5.74) is 4.93. The number of ketones is 1. The highest BCUT2D eigenvalue weighted by molar-refractivity contribution is 6.03. The van der Waals surface area contributed by atoms with Crippen LogP contribution in [0, 0.1) is 6.92 Å². The van der Waals surface area contributed by atoms with Gasteiger partial charge in [0, 0.05) is 18.7 Å². The van der Waals surface area contributed by atoms with Crippen molar-refractivity contribution in [2.75, 3.05) is 7.05 Å². The van der Waals surface area contributed by atoms with Crippen molar-refractivity contribution in [3.63, 3.8) is 0 Å². The van der Waals surface area contributed by atoms with E-state index >= 15 is 0 Å². The van der Waals surface area contributed by atoms with Gasteiger partial charge in [-0.05, 0) is 36.6 Å². The van der Waals surface area contributed by atoms with Gasteiger partial charge in [0.25, 0.3) is 0 Å². The molecule has 0 heterocycles. The molecule has 0 fully saturated rings. The van der Waals surface area contributed by atoms with Gasteiger partial charge in [-0.25, -0.2) is 0 Å². The summed E-state index contributed by atoms with van der Waals surface area (Å²) < 4.78 is 0. The van der Waals surface area contributed by atoms with Gasteiger partial charge in [0.1, 0.15) is 0 Å². The van der Waals surface area contributed by atoms with E-state index < -0.39 is 6.04 Å². The van der Waals surface area contributed by atoms with Gasteiger partial charge in [0.05, 0.1) is 6.04 Å². The van der Waals surface area contributed by atoms with Crippen LogP contribution >= 0.6 is 0 Å². The first-order valence-electron chi connectivity index (χ1n) is 9.67. The maximum Gasteiger partial charge on any atom is 0.246 e. The standard InChI is InChI=1S/C26H25NO2/c1-19-9-14-24(15-10-19)26(29)20(2)27(3)25(28)18-13-21-11-16-23(17-12-21)22-7-5-4-6-8-22/h4-18,20H,1-3H3/b18-13+. The predicted molar refractivity (Wildman–Crippen MR) is 119 cm³/mol. The van der Waals surface area contributed by atoms with Gasteiger partial charge in [0.15, 0.2) is 5.78 Å². The van der Waals surface area contributed by atoms with Crippen LogP contribution in [-0.4, -0.2) is 29.7 Å². The highest BCUT2D eigenvalue weighted by Gasteiger charge is 2.22. The molecule has 0 bridgehead atoms. The molecular formula is C26H25NO2. The van der Waals surface area contributed by atoms with Crippen molar-refractivity contribution in [2.45, 2.75) is 19.9 Å². The maximum absolute atomic E-state index is 12.6. The number of amides is 1. The fourth-order valence-electron chi connectivity index (χ4n) is 3.03. The van der Waals surface area contributed by atoms with E-state index in [-0.39, 0.29) is 11.7 Å². The van der Waals surface area contributed by atoms with Gasteiger partial charge in [-0.2, -0.15) is 0 Å². The minimum atomic E-state index is -0.532. The summed E-state index contributed by atoms with van der Waals surface area (Å²) in [6, 6.07) is 25.1. The number of likely N-dealkylation sites (N-methyl/N-ethyl adjacent to an activating group) is 1. The van der Waals surface area contributed by atoms with Gasteiger partial charge in [-0.15, -0.1) is 0 Å². The van der Waals surface area contributed by atoms with Crippen molar-refractivity contribution in [3.8, 4) is 11.1 Å². The molecule has 3 nitrogen and oxygen atoms in total. The molecule has 0 radical (unpaired) electrons. The first-order chi connectivity index (χ1) is 14.0. The molecule has 0 saturated heterocycles. The molecule has 0 aromatic heterocycles. The lowest BCUT2D eigenvalue weighted by Crippen LogP contribution is -2.39. The monoisotopic (exact) mass is 383 g/mol. The zero-order valence-electron chi connectivity index (χ0n) is 17.0. The molecule has 1 unspecified atom stereocenters. The molecule has 0 N–H and O–H groups in total. The molecule has 3 aromatic rings. The summed E-state index contributed by atoms with van der Waals surface area (Å²) >= 11 is 0. The van der Waals surface area contributed by atoms with E-state index in [1.807, 2.05) is 61.5 Å². The number of carbonyl (C=O) groups is 2. The Morgan fingerprint density at radius 2 is 1.41 bits per heavy atom. The van der Waals surface area contributed by atoms with E-state index in [9.17, 15) is 9.59 Å². The van der Waals surface area contributed by atoms with Crippen LogP contribution in [0.1, 0.15) is 28.4 Å². The fourth-order valence-corrected chi connectivity index (χ4v) is 3.03. The van der Waals surface area contributed by atoms with Crippen molar-refractivity contribution in [2.24, 2.45) is 0 Å². The topological polar surface area (TPSA) is 37.4 Å². The second-order valence-corrected chi connectivity index (χ2v) is 7.18. The molecule has 29 heavy (non-hydrogen) atoms. The molecule has 146 valence electrons. The normalized spacial score (nSPS) is 12.0. The van der Waals surface area contributed by atoms with Gasteiger partial charge in [-0.1, -0.05) is 84.4 Å². The number of hydrogen-bond donors (Lipinski definition) is 0. The molecule has 0 aliphatic rings. The molecule has 1 atom stereocenters. The molecule has 0 saturated carbocycles. The lowest BCUT2D eigenvalue weighted by atomic mass is 10.0. The number of nitrogens with zero attached hydrogens (tertiary/aromatic N) is 1. The van der Waals surface area contributed by atoms with Crippen LogP contribution in [-0.2, 0) is 4.79 Å². The van der Waals surface area contributed by atoms with Gasteiger partial charge < -0.3 is 4.90 Å². The van der Waals surface area contributed by atoms with Crippen LogP contribution in [0.5, 0.6) is 0 Å². The summed E-state index contributed by atoms with van der Waals surface area (Å²) in [6.45, 7) is 3.73. The highest BCUT2D eigenvalue weighted by Crippen LogP contribution is 2.19. The summed E-state index contributed by atoms with van der Waals surface area (Å²) in [7, 11) is 1.65. The minimum absolute atomic E-state index is 0.0681. The number of rotatable bonds is 6. The Balaban J connectivity index is 1.64. The summed E-state index contributed by atoms with van der Waals surface area (Å²) in [5, 5.41) is 0. The molecule has 3 heteroatoms. The first kappa shape index (κ1) is 20.3. The summed E-state index contributed by atoms with van der Waals surface area (Å²) in [5.74, 6) is -0.272. The van der Waals surface area contributed by atoms with E-state index in [4.69, 9.17) is 0 Å². The van der Waals surface area contributed by atoms with Crippen LogP contribution in [0.15, 0.2) is 84.9 Å². The average Bonchev–Trinajstić information content (AvgIpc) is 2.77. The fraction of sp³-hybridized carbons (Fsp3) is 0.154. The quantitative estimate of drug-likeness (QED) is 0.422. The van der Waals surface area contributed by atoms with Crippen molar-refractivity contribution in [3.05, 3.63) is 102 Å². The van der Waals surface area contributed by atoms with E-state index in [0.717, 1.165) is 22.3 Å². The van der Waals surface area contributed by atoms with Crippen LogP contribution in [0.2, 0.25) is 0 Å². The first-order valence-corrected chi connectivity index (χ1v) is 9.67. The van der Waals surface area contributed by atoms with Crippen LogP contribution in [0.25, 0.3) is 17.2 Å². The Bertz CT molecular complexity index is 1000. The zero-order chi connectivity index (χ0) is 20.8. The summed E-state index contributed by atoms with van der Waals surface area (Å²) in [4.78, 5) is 26.6. The van der Waals surface area contributed by atoms with E-state index in [1.165, 1.54) is 11.0 Å². The van der Waals surface area contributed by atoms with Gasteiger partial charge in [-0.3, -0.25) is 9.59 Å². The Labute approximate surface area is 172 Å². The number of hydrogen-bond acceptors (Lipinski definition) is 2. The maximum atomic E-state index is 12.6. The molecule has 3 aromatic carbocycles. The number of Topliss-reactive ketones (excluding diaryl/α,β-unsaturated/α-hetero) is 1. The van der Waals surface area contributed by atoms with Gasteiger partial charge >= 0.3 is 0 Å². The molecule has 1 amide bonds. The zero-order valence-corrected chi connectivity index (χ0v) is 17.0. The van der Waals surface area contributed by atoms with Crippen LogP contribution in [0.4, 0.5) is 0 Å². The second-order valence-electron chi connectivity index (χ2n) is 7.18. The Hall–Kier alpha value is -3.46. The number of carbonyl (C=O) groups excluding carboxylic acids is 2. The van der Waals surface area contributed by atoms with E-state index in [1.54, 1.807) is 32.2 Å². The third-order valence-corrected chi connectivity index (χ3v) is 5.08. The Morgan fingerprint density at radius 1 is 0.828 bits per heavy atom. The Morgan fingerprint density at radius 3 is 2.03 bits per heavy atom. The van der Waals surface area contributed by atoms with E-state index in [0.29, 0.717) is 5.56 Å². The molecular weight excluding hydrogens is 358 g/mol. The third kappa shape index (κ3) is 5.08. The summed E-state index contributed by atoms with van der Waals surface area (Å²) in [6.07, 6.45) is 3.28. The molecule has 3 rings (SSSR count). The van der Waals surface area contributed by atoms with E-state index in [2.05, 4.69) is 12.1 Å². The molecule has 0 aliphatic carbocycles. The highest BCUT2D eigenvalue weighted by atomic mass is 16.2. The van der Waals surface area contributed by atoms with Crippen molar-refractivity contribution >= 4 is 17.8 Å². The van der Waals surface area contributed by atoms with Crippen molar-refractivity contribution in [1.29, 1.82) is 0 Å². The number of benzene rings is 3. The van der Waals surface area contributed by atoms with Crippen LogP contribution < -0.4 is 0 Å². The van der Waals surface area contributed by atoms with Crippen molar-refractivity contribution in [1.82, 2.24) is 4.90 Å². The van der Waals surface area contributed by atoms with Gasteiger partial charge in [0.2, 0.25) is 5.91 Å². The number of aryl methyl sites for hydroxylation is 1. The minimum Gasteiger partial charge on any atom is -0.332 e. The average molecular weight is 383 g/mol. The Kier molecular flexibility index (Phi) is 6.40. The van der Waals surface area contributed by atoms with Crippen molar-refractivity contribution < 1.29 is 9.59 Å². The SMILES string of the molecule is Cc1ccc(C(=O)C(C)N(C)C(=O)/C=C/c2ccc(-c3ccccc3)cc2)cc1. The lowest BCUT2D eigenvalue weighted by Gasteiger charge is -2.22. The lowest BCUT2D eigenvalue weighted by molar-refractivity contribution is -0.125. The predicted octanol–water partition coefficient (Wildman–Crippen LogP) is 5.41. The second kappa shape index (κ2) is 9.16. The largest absolute Gasteiger partial charge is 0.332 e.